The molecular weight excluding hydrogens is 300 g/mol. The van der Waals surface area contributed by atoms with Crippen molar-refractivity contribution in [1.82, 2.24) is 10.6 Å². The molecule has 1 aliphatic rings. The average Bonchev–Trinajstić information content (AvgIpc) is 2.45. The van der Waals surface area contributed by atoms with Gasteiger partial charge in [0.25, 0.3) is 0 Å². The first kappa shape index (κ1) is 18.8. The summed E-state index contributed by atoms with van der Waals surface area (Å²) in [4.78, 5) is 12.5. The van der Waals surface area contributed by atoms with Crippen LogP contribution in [0, 0.1) is 5.41 Å². The quantitative estimate of drug-likeness (QED) is 0.878. The molecule has 0 radical (unpaired) electrons. The maximum absolute atomic E-state index is 12.5. The van der Waals surface area contributed by atoms with Crippen molar-refractivity contribution in [3.63, 3.8) is 0 Å². The Bertz CT molecular complexity index is 514. The largest absolute Gasteiger partial charge is 0.375 e. The van der Waals surface area contributed by atoms with Crippen molar-refractivity contribution in [2.45, 2.75) is 78.2 Å². The highest BCUT2D eigenvalue weighted by Gasteiger charge is 2.29. The fourth-order valence-electron chi connectivity index (χ4n) is 3.33. The number of hydrogen-bond acceptors (Lipinski definition) is 2. The van der Waals surface area contributed by atoms with Crippen molar-refractivity contribution in [3.05, 3.63) is 35.9 Å². The van der Waals surface area contributed by atoms with Gasteiger partial charge in [-0.05, 0) is 44.1 Å². The van der Waals surface area contributed by atoms with Crippen LogP contribution in [0.2, 0.25) is 0 Å². The van der Waals surface area contributed by atoms with Gasteiger partial charge in [-0.2, -0.15) is 0 Å². The molecule has 1 aromatic carbocycles. The Balaban J connectivity index is 1.95. The number of rotatable bonds is 4. The van der Waals surface area contributed by atoms with E-state index in [4.69, 9.17) is 4.74 Å². The minimum Gasteiger partial charge on any atom is -0.375 e. The van der Waals surface area contributed by atoms with Crippen LogP contribution < -0.4 is 10.6 Å². The van der Waals surface area contributed by atoms with Gasteiger partial charge < -0.3 is 15.4 Å². The van der Waals surface area contributed by atoms with Gasteiger partial charge in [0.1, 0.15) is 0 Å². The van der Waals surface area contributed by atoms with Gasteiger partial charge >= 0.3 is 6.03 Å². The zero-order valence-electron chi connectivity index (χ0n) is 15.6. The zero-order valence-corrected chi connectivity index (χ0v) is 15.6. The van der Waals surface area contributed by atoms with Crippen LogP contribution in [0.4, 0.5) is 4.79 Å². The number of benzene rings is 1. The molecule has 24 heavy (non-hydrogen) atoms. The monoisotopic (exact) mass is 332 g/mol. The molecule has 1 aliphatic heterocycles. The summed E-state index contributed by atoms with van der Waals surface area (Å²) < 4.78 is 5.74. The van der Waals surface area contributed by atoms with E-state index in [1.54, 1.807) is 0 Å². The van der Waals surface area contributed by atoms with Crippen LogP contribution in [0.5, 0.6) is 0 Å². The Morgan fingerprint density at radius 1 is 1.17 bits per heavy atom. The molecule has 4 heteroatoms. The number of hydrogen-bond donors (Lipinski definition) is 2. The van der Waals surface area contributed by atoms with Crippen LogP contribution in [-0.2, 0) is 11.2 Å². The summed E-state index contributed by atoms with van der Waals surface area (Å²) in [5.74, 6) is 0. The van der Waals surface area contributed by atoms with E-state index < -0.39 is 0 Å². The Kier molecular flexibility index (Phi) is 6.27. The topological polar surface area (TPSA) is 50.4 Å². The van der Waals surface area contributed by atoms with Crippen LogP contribution in [0.3, 0.4) is 0 Å². The van der Waals surface area contributed by atoms with Crippen molar-refractivity contribution in [2.24, 2.45) is 5.41 Å². The number of carbonyl (C=O) groups is 1. The molecule has 134 valence electrons. The van der Waals surface area contributed by atoms with Gasteiger partial charge in [-0.15, -0.1) is 0 Å². The standard InChI is InChI=1S/C20H32N2O2/c1-14-11-17(12-15(2)24-14)21-19(23)22-18(20(3,4)5)13-16-9-7-6-8-10-16/h6-10,14-15,17-18H,11-13H2,1-5H3,(H2,21,22,23)/t14-,15-,18+/m1/s1. The molecule has 4 nitrogen and oxygen atoms in total. The van der Waals surface area contributed by atoms with E-state index in [9.17, 15) is 4.79 Å². The normalized spacial score (nSPS) is 25.8. The Morgan fingerprint density at radius 2 is 1.75 bits per heavy atom. The minimum absolute atomic E-state index is 0.0105. The molecule has 0 saturated carbocycles. The maximum Gasteiger partial charge on any atom is 0.315 e. The molecule has 1 saturated heterocycles. The number of urea groups is 1. The summed E-state index contributed by atoms with van der Waals surface area (Å²) >= 11 is 0. The fourth-order valence-corrected chi connectivity index (χ4v) is 3.33. The number of carbonyl (C=O) groups excluding carboxylic acids is 1. The molecule has 0 unspecified atom stereocenters. The van der Waals surface area contributed by atoms with Crippen LogP contribution in [0.1, 0.15) is 53.0 Å². The molecule has 2 rings (SSSR count). The minimum atomic E-state index is -0.0721. The fraction of sp³-hybridized carbons (Fsp3) is 0.650. The SMILES string of the molecule is C[C@@H]1CC(NC(=O)N[C@@H](Cc2ccccc2)C(C)(C)C)C[C@@H](C)O1. The summed E-state index contributed by atoms with van der Waals surface area (Å²) in [7, 11) is 0. The Hall–Kier alpha value is -1.55. The lowest BCUT2D eigenvalue weighted by Crippen LogP contribution is -2.53. The number of nitrogens with one attached hydrogen (secondary N) is 2. The van der Waals surface area contributed by atoms with E-state index in [1.807, 2.05) is 18.2 Å². The summed E-state index contributed by atoms with van der Waals surface area (Å²) in [6.45, 7) is 10.6. The summed E-state index contributed by atoms with van der Waals surface area (Å²) in [5.41, 5.74) is 1.23. The van der Waals surface area contributed by atoms with Crippen LogP contribution in [0.15, 0.2) is 30.3 Å². The second-order valence-electron chi connectivity index (χ2n) is 8.15. The molecule has 0 bridgehead atoms. The lowest BCUT2D eigenvalue weighted by atomic mass is 9.83. The van der Waals surface area contributed by atoms with Gasteiger partial charge in [0.2, 0.25) is 0 Å². The second kappa shape index (κ2) is 8.02. The summed E-state index contributed by atoms with van der Waals surface area (Å²) in [5, 5.41) is 6.33. The molecule has 0 aromatic heterocycles. The van der Waals surface area contributed by atoms with Crippen LogP contribution in [0.25, 0.3) is 0 Å². The average molecular weight is 332 g/mol. The Morgan fingerprint density at radius 3 is 2.29 bits per heavy atom. The van der Waals surface area contributed by atoms with E-state index in [1.165, 1.54) is 5.56 Å². The molecular formula is C20H32N2O2. The van der Waals surface area contributed by atoms with Crippen molar-refractivity contribution >= 4 is 6.03 Å². The second-order valence-corrected chi connectivity index (χ2v) is 8.15. The van der Waals surface area contributed by atoms with E-state index >= 15 is 0 Å². The molecule has 0 spiro atoms. The third-order valence-electron chi connectivity index (χ3n) is 4.67. The van der Waals surface area contributed by atoms with Crippen molar-refractivity contribution in [2.75, 3.05) is 0 Å². The highest BCUT2D eigenvalue weighted by Crippen LogP contribution is 2.23. The van der Waals surface area contributed by atoms with E-state index in [2.05, 4.69) is 57.4 Å². The number of ether oxygens (including phenoxy) is 1. The van der Waals surface area contributed by atoms with Gasteiger partial charge in [0, 0.05) is 12.1 Å². The zero-order chi connectivity index (χ0) is 17.7. The van der Waals surface area contributed by atoms with E-state index in [-0.39, 0.29) is 35.7 Å². The third kappa shape index (κ3) is 5.82. The van der Waals surface area contributed by atoms with Crippen LogP contribution in [-0.4, -0.2) is 30.3 Å². The van der Waals surface area contributed by atoms with Gasteiger partial charge in [-0.1, -0.05) is 51.1 Å². The van der Waals surface area contributed by atoms with E-state index in [0.717, 1.165) is 19.3 Å². The predicted octanol–water partition coefficient (Wildman–Crippen LogP) is 3.90. The van der Waals surface area contributed by atoms with Gasteiger partial charge in [0.15, 0.2) is 0 Å². The Labute approximate surface area is 146 Å². The van der Waals surface area contributed by atoms with E-state index in [0.29, 0.717) is 0 Å². The smallest absolute Gasteiger partial charge is 0.315 e. The molecule has 1 aromatic rings. The highest BCUT2D eigenvalue weighted by molar-refractivity contribution is 5.74. The highest BCUT2D eigenvalue weighted by atomic mass is 16.5. The predicted molar refractivity (Wildman–Crippen MR) is 98.1 cm³/mol. The molecule has 2 N–H and O–H groups in total. The molecule has 1 fully saturated rings. The first-order chi connectivity index (χ1) is 11.2. The third-order valence-corrected chi connectivity index (χ3v) is 4.67. The molecule has 3 atom stereocenters. The van der Waals surface area contributed by atoms with Gasteiger partial charge in [-0.3, -0.25) is 0 Å². The maximum atomic E-state index is 12.5. The first-order valence-electron chi connectivity index (χ1n) is 9.00. The van der Waals surface area contributed by atoms with Gasteiger partial charge in [-0.25, -0.2) is 4.79 Å². The first-order valence-corrected chi connectivity index (χ1v) is 9.00. The molecule has 1 heterocycles. The van der Waals surface area contributed by atoms with Crippen molar-refractivity contribution in [3.8, 4) is 0 Å². The van der Waals surface area contributed by atoms with Crippen molar-refractivity contribution < 1.29 is 9.53 Å². The molecule has 0 aliphatic carbocycles. The van der Waals surface area contributed by atoms with Gasteiger partial charge in [0.05, 0.1) is 12.2 Å². The van der Waals surface area contributed by atoms with Crippen molar-refractivity contribution in [1.29, 1.82) is 0 Å². The lowest BCUT2D eigenvalue weighted by Gasteiger charge is -2.35. The lowest BCUT2D eigenvalue weighted by molar-refractivity contribution is -0.0402. The summed E-state index contributed by atoms with van der Waals surface area (Å²) in [6.07, 6.45) is 2.97. The van der Waals surface area contributed by atoms with Crippen LogP contribution >= 0.6 is 0 Å². The number of amides is 2. The molecule has 2 amide bonds. The summed E-state index contributed by atoms with van der Waals surface area (Å²) in [6, 6.07) is 10.5.